The summed E-state index contributed by atoms with van der Waals surface area (Å²) in [6, 6.07) is 8.85. The van der Waals surface area contributed by atoms with Gasteiger partial charge in [-0.15, -0.1) is 0 Å². The quantitative estimate of drug-likeness (QED) is 0.901. The molecule has 0 atom stereocenters. The van der Waals surface area contributed by atoms with Gasteiger partial charge < -0.3 is 14.4 Å². The number of nitrogens with zero attached hydrogens (tertiary/aromatic N) is 1. The number of benzene rings is 1. The van der Waals surface area contributed by atoms with Crippen LogP contribution in [-0.2, 0) is 16.6 Å². The van der Waals surface area contributed by atoms with E-state index in [1.807, 2.05) is 11.0 Å². The summed E-state index contributed by atoms with van der Waals surface area (Å²) in [5.41, 5.74) is 5.57. The first-order valence-corrected chi connectivity index (χ1v) is 9.77. The van der Waals surface area contributed by atoms with Gasteiger partial charge in [0.15, 0.2) is 0 Å². The van der Waals surface area contributed by atoms with E-state index in [1.54, 1.807) is 12.5 Å². The number of amides is 1. The zero-order chi connectivity index (χ0) is 17.7. The molecule has 1 saturated heterocycles. The highest BCUT2D eigenvalue weighted by molar-refractivity contribution is 5.80. The van der Waals surface area contributed by atoms with Crippen LogP contribution in [0.4, 0.5) is 0 Å². The van der Waals surface area contributed by atoms with E-state index in [0.29, 0.717) is 12.8 Å². The highest BCUT2D eigenvalue weighted by atomic mass is 16.3. The predicted octanol–water partition coefficient (Wildman–Crippen LogP) is 3.52. The zero-order valence-corrected chi connectivity index (χ0v) is 15.0. The van der Waals surface area contributed by atoms with Crippen molar-refractivity contribution in [2.24, 2.45) is 5.92 Å². The van der Waals surface area contributed by atoms with Crippen molar-refractivity contribution in [2.75, 3.05) is 13.1 Å². The third-order valence-corrected chi connectivity index (χ3v) is 6.90. The summed E-state index contributed by atoms with van der Waals surface area (Å²) in [7, 11) is 0. The fraction of sp³-hybridized carbons (Fsp3) is 0.500. The molecule has 136 valence electrons. The number of furan rings is 1. The maximum absolute atomic E-state index is 12.6. The van der Waals surface area contributed by atoms with E-state index in [4.69, 9.17) is 4.42 Å². The van der Waals surface area contributed by atoms with Crippen molar-refractivity contribution in [1.29, 1.82) is 0 Å². The number of fused-ring (bicyclic) bond motifs is 2. The minimum atomic E-state index is -0.258. The van der Waals surface area contributed by atoms with Crippen LogP contribution in [0.3, 0.4) is 0 Å². The Morgan fingerprint density at radius 3 is 2.62 bits per heavy atom. The smallest absolute Gasteiger partial charge is 0.225 e. The summed E-state index contributed by atoms with van der Waals surface area (Å²) in [6.07, 6.45) is 9.01. The summed E-state index contributed by atoms with van der Waals surface area (Å²) in [6.45, 7) is 1.71. The lowest BCUT2D eigenvalue weighted by molar-refractivity contribution is -0.144. The molecule has 1 amide bonds. The number of hydrogen-bond donors (Lipinski definition) is 1. The van der Waals surface area contributed by atoms with Crippen molar-refractivity contribution in [2.45, 2.75) is 50.0 Å². The number of carbonyl (C=O) groups excluding carboxylic acids is 1. The number of aliphatic hydroxyl groups excluding tert-OH is 1. The van der Waals surface area contributed by atoms with E-state index >= 15 is 0 Å². The third kappa shape index (κ3) is 2.50. The molecule has 2 heterocycles. The largest absolute Gasteiger partial charge is 0.472 e. The van der Waals surface area contributed by atoms with Crippen LogP contribution in [0.25, 0.3) is 11.1 Å². The molecule has 1 saturated carbocycles. The van der Waals surface area contributed by atoms with Gasteiger partial charge in [0, 0.05) is 24.6 Å². The number of likely N-dealkylation sites (tertiary alicyclic amines) is 1. The second-order valence-corrected chi connectivity index (χ2v) is 8.31. The van der Waals surface area contributed by atoms with Gasteiger partial charge in [-0.05, 0) is 66.7 Å². The summed E-state index contributed by atoms with van der Waals surface area (Å²) in [5.74, 6) is 0.325. The standard InChI is InChI=1S/C22H25NO3/c24-19-12-18(13-19)21(25)23-8-6-22(7-9-23)5-3-16-11-15(1-2-20(16)22)17-4-10-26-14-17/h1-2,4,10-11,14,18-19,24H,3,5-9,12-13H2. The Labute approximate surface area is 153 Å². The minimum absolute atomic E-state index is 0.0624. The van der Waals surface area contributed by atoms with Crippen LogP contribution in [0.15, 0.2) is 41.2 Å². The summed E-state index contributed by atoms with van der Waals surface area (Å²) >= 11 is 0. The van der Waals surface area contributed by atoms with Gasteiger partial charge in [-0.25, -0.2) is 0 Å². The van der Waals surface area contributed by atoms with E-state index in [9.17, 15) is 9.90 Å². The first-order valence-electron chi connectivity index (χ1n) is 9.77. The van der Waals surface area contributed by atoms with Crippen LogP contribution in [0.5, 0.6) is 0 Å². The maximum Gasteiger partial charge on any atom is 0.225 e. The molecule has 1 aromatic carbocycles. The van der Waals surface area contributed by atoms with Gasteiger partial charge in [0.1, 0.15) is 0 Å². The lowest BCUT2D eigenvalue weighted by Crippen LogP contribution is -2.49. The average Bonchev–Trinajstić information content (AvgIpc) is 3.28. The lowest BCUT2D eigenvalue weighted by atomic mass is 9.73. The van der Waals surface area contributed by atoms with E-state index in [0.717, 1.165) is 37.9 Å². The molecular weight excluding hydrogens is 326 g/mol. The Morgan fingerprint density at radius 1 is 1.12 bits per heavy atom. The number of rotatable bonds is 2. The number of hydrogen-bond acceptors (Lipinski definition) is 3. The average molecular weight is 351 g/mol. The summed E-state index contributed by atoms with van der Waals surface area (Å²) in [5, 5.41) is 9.46. The Hall–Kier alpha value is -2.07. The van der Waals surface area contributed by atoms with Crippen molar-refractivity contribution in [1.82, 2.24) is 4.90 Å². The first-order chi connectivity index (χ1) is 12.6. The Bertz CT molecular complexity index is 812. The van der Waals surface area contributed by atoms with Crippen LogP contribution in [-0.4, -0.2) is 35.1 Å². The van der Waals surface area contributed by atoms with Gasteiger partial charge in [-0.2, -0.15) is 0 Å². The van der Waals surface area contributed by atoms with Crippen molar-refractivity contribution < 1.29 is 14.3 Å². The molecule has 3 aliphatic rings. The highest BCUT2D eigenvalue weighted by Crippen LogP contribution is 2.47. The summed E-state index contributed by atoms with van der Waals surface area (Å²) in [4.78, 5) is 14.6. The van der Waals surface area contributed by atoms with Gasteiger partial charge in [-0.1, -0.05) is 18.2 Å². The molecule has 0 radical (unpaired) electrons. The van der Waals surface area contributed by atoms with Crippen LogP contribution in [0, 0.1) is 5.92 Å². The first kappa shape index (κ1) is 16.1. The molecule has 2 aliphatic carbocycles. The monoisotopic (exact) mass is 351 g/mol. The van der Waals surface area contributed by atoms with Crippen LogP contribution < -0.4 is 0 Å². The molecule has 1 aromatic heterocycles. The molecule has 0 bridgehead atoms. The molecule has 1 aliphatic heterocycles. The third-order valence-electron chi connectivity index (χ3n) is 6.90. The SMILES string of the molecule is O=C(C1CC(O)C1)N1CCC2(CCc3cc(-c4ccoc4)ccc32)CC1. The van der Waals surface area contributed by atoms with Crippen LogP contribution >= 0.6 is 0 Å². The zero-order valence-electron chi connectivity index (χ0n) is 15.0. The molecule has 2 fully saturated rings. The number of piperidine rings is 1. The van der Waals surface area contributed by atoms with Crippen molar-refractivity contribution >= 4 is 5.91 Å². The van der Waals surface area contributed by atoms with Crippen LogP contribution in [0.2, 0.25) is 0 Å². The molecule has 1 spiro atoms. The van der Waals surface area contributed by atoms with Gasteiger partial charge in [0.05, 0.1) is 18.6 Å². The molecule has 26 heavy (non-hydrogen) atoms. The van der Waals surface area contributed by atoms with Gasteiger partial charge in [0.25, 0.3) is 0 Å². The lowest BCUT2D eigenvalue weighted by Gasteiger charge is -2.43. The summed E-state index contributed by atoms with van der Waals surface area (Å²) < 4.78 is 5.22. The van der Waals surface area contributed by atoms with Crippen molar-refractivity contribution in [3.05, 3.63) is 47.9 Å². The number of aliphatic hydroxyl groups is 1. The Kier molecular flexibility index (Phi) is 3.71. The van der Waals surface area contributed by atoms with E-state index < -0.39 is 0 Å². The molecule has 2 aromatic rings. The molecular formula is C22H25NO3. The Morgan fingerprint density at radius 2 is 1.92 bits per heavy atom. The Balaban J connectivity index is 1.31. The van der Waals surface area contributed by atoms with Gasteiger partial charge >= 0.3 is 0 Å². The fourth-order valence-electron chi connectivity index (χ4n) is 5.16. The maximum atomic E-state index is 12.6. The second kappa shape index (κ2) is 5.98. The van der Waals surface area contributed by atoms with Crippen molar-refractivity contribution in [3.63, 3.8) is 0 Å². The molecule has 4 nitrogen and oxygen atoms in total. The minimum Gasteiger partial charge on any atom is -0.472 e. The molecule has 0 unspecified atom stereocenters. The van der Waals surface area contributed by atoms with E-state index in [1.165, 1.54) is 23.1 Å². The molecule has 5 rings (SSSR count). The number of carbonyl (C=O) groups is 1. The van der Waals surface area contributed by atoms with Gasteiger partial charge in [0.2, 0.25) is 5.91 Å². The highest BCUT2D eigenvalue weighted by Gasteiger charge is 2.44. The normalized spacial score (nSPS) is 26.6. The fourth-order valence-corrected chi connectivity index (χ4v) is 5.16. The number of aryl methyl sites for hydroxylation is 1. The van der Waals surface area contributed by atoms with Crippen LogP contribution in [0.1, 0.15) is 43.2 Å². The van der Waals surface area contributed by atoms with E-state index in [-0.39, 0.29) is 23.3 Å². The topological polar surface area (TPSA) is 53.7 Å². The predicted molar refractivity (Wildman–Crippen MR) is 98.7 cm³/mol. The van der Waals surface area contributed by atoms with E-state index in [2.05, 4.69) is 18.2 Å². The molecule has 1 N–H and O–H groups in total. The van der Waals surface area contributed by atoms with Gasteiger partial charge in [-0.3, -0.25) is 4.79 Å². The second-order valence-electron chi connectivity index (χ2n) is 8.31. The van der Waals surface area contributed by atoms with Crippen molar-refractivity contribution in [3.8, 4) is 11.1 Å². The molecule has 4 heteroatoms.